The molecular formula is C6H10N4O2S. The Morgan fingerprint density at radius 3 is 2.92 bits per heavy atom. The van der Waals surface area contributed by atoms with Gasteiger partial charge in [0.15, 0.2) is 0 Å². The summed E-state index contributed by atoms with van der Waals surface area (Å²) in [6.07, 6.45) is 0. The minimum absolute atomic E-state index is 0.362. The van der Waals surface area contributed by atoms with Gasteiger partial charge < -0.3 is 5.32 Å². The number of urea groups is 1. The van der Waals surface area contributed by atoms with Crippen molar-refractivity contribution in [1.82, 2.24) is 21.0 Å². The van der Waals surface area contributed by atoms with Crippen LogP contribution >= 0.6 is 11.3 Å². The Labute approximate surface area is 79.3 Å². The van der Waals surface area contributed by atoms with Gasteiger partial charge in [0.1, 0.15) is 10.0 Å². The van der Waals surface area contributed by atoms with Crippen LogP contribution in [0.15, 0.2) is 0 Å². The highest BCUT2D eigenvalue weighted by Gasteiger charge is 2.02. The third kappa shape index (κ3) is 3.34. The number of carbonyl (C=O) groups excluding carboxylic acids is 1. The Morgan fingerprint density at radius 2 is 2.38 bits per heavy atom. The van der Waals surface area contributed by atoms with Crippen LogP contribution in [0.5, 0.6) is 0 Å². The SMILES string of the molecule is CONC(=O)NCc1nnc(C)s1. The predicted molar refractivity (Wildman–Crippen MR) is 47.0 cm³/mol. The molecule has 0 spiro atoms. The monoisotopic (exact) mass is 202 g/mol. The minimum atomic E-state index is -0.393. The van der Waals surface area contributed by atoms with Crippen LogP contribution in [-0.2, 0) is 11.4 Å². The van der Waals surface area contributed by atoms with Crippen LogP contribution < -0.4 is 10.8 Å². The minimum Gasteiger partial charge on any atom is -0.330 e. The Morgan fingerprint density at radius 1 is 1.62 bits per heavy atom. The summed E-state index contributed by atoms with van der Waals surface area (Å²) in [5.41, 5.74) is 2.13. The third-order valence-corrected chi connectivity index (χ3v) is 2.00. The molecule has 72 valence electrons. The van der Waals surface area contributed by atoms with E-state index in [0.717, 1.165) is 10.0 Å². The molecule has 7 heteroatoms. The van der Waals surface area contributed by atoms with Crippen molar-refractivity contribution in [2.75, 3.05) is 7.11 Å². The summed E-state index contributed by atoms with van der Waals surface area (Å²) < 4.78 is 0. The fraction of sp³-hybridized carbons (Fsp3) is 0.500. The molecule has 2 N–H and O–H groups in total. The van der Waals surface area contributed by atoms with Crippen LogP contribution in [0.2, 0.25) is 0 Å². The molecule has 1 aromatic heterocycles. The van der Waals surface area contributed by atoms with Crippen molar-refractivity contribution in [2.24, 2.45) is 0 Å². The van der Waals surface area contributed by atoms with Gasteiger partial charge in [-0.2, -0.15) is 0 Å². The molecule has 0 aliphatic heterocycles. The molecular weight excluding hydrogens is 192 g/mol. The zero-order valence-corrected chi connectivity index (χ0v) is 8.14. The number of carbonyl (C=O) groups is 1. The Balaban J connectivity index is 2.30. The van der Waals surface area contributed by atoms with Crippen molar-refractivity contribution in [3.63, 3.8) is 0 Å². The number of aromatic nitrogens is 2. The van der Waals surface area contributed by atoms with E-state index in [9.17, 15) is 4.79 Å². The molecule has 13 heavy (non-hydrogen) atoms. The first-order valence-electron chi connectivity index (χ1n) is 3.58. The van der Waals surface area contributed by atoms with Gasteiger partial charge in [-0.3, -0.25) is 4.84 Å². The topological polar surface area (TPSA) is 76.1 Å². The molecule has 2 amide bonds. The lowest BCUT2D eigenvalue weighted by atomic mass is 10.7. The summed E-state index contributed by atoms with van der Waals surface area (Å²) in [7, 11) is 1.37. The third-order valence-electron chi connectivity index (χ3n) is 1.16. The second-order valence-corrected chi connectivity index (χ2v) is 3.47. The van der Waals surface area contributed by atoms with Gasteiger partial charge in [0.2, 0.25) is 0 Å². The first-order valence-corrected chi connectivity index (χ1v) is 4.40. The van der Waals surface area contributed by atoms with Crippen molar-refractivity contribution in [3.8, 4) is 0 Å². The predicted octanol–water partition coefficient (Wildman–Crippen LogP) is 0.207. The molecule has 0 saturated carbocycles. The highest BCUT2D eigenvalue weighted by molar-refractivity contribution is 7.11. The van der Waals surface area contributed by atoms with Crippen LogP contribution in [0.4, 0.5) is 4.79 Å². The van der Waals surface area contributed by atoms with Gasteiger partial charge in [-0.1, -0.05) is 11.3 Å². The summed E-state index contributed by atoms with van der Waals surface area (Å²) in [4.78, 5) is 15.2. The molecule has 1 rings (SSSR count). The van der Waals surface area contributed by atoms with Crippen LogP contribution in [-0.4, -0.2) is 23.3 Å². The van der Waals surface area contributed by atoms with Gasteiger partial charge in [0.25, 0.3) is 0 Å². The summed E-state index contributed by atoms with van der Waals surface area (Å²) >= 11 is 1.44. The van der Waals surface area contributed by atoms with E-state index in [1.54, 1.807) is 0 Å². The Bertz CT molecular complexity index is 288. The summed E-state index contributed by atoms with van der Waals surface area (Å²) in [5.74, 6) is 0. The largest absolute Gasteiger partial charge is 0.339 e. The van der Waals surface area contributed by atoms with Gasteiger partial charge in [0.05, 0.1) is 13.7 Å². The average molecular weight is 202 g/mol. The van der Waals surface area contributed by atoms with E-state index in [1.807, 2.05) is 6.92 Å². The number of hydroxylamine groups is 1. The average Bonchev–Trinajstić information content (AvgIpc) is 2.49. The maximum Gasteiger partial charge on any atom is 0.339 e. The first-order chi connectivity index (χ1) is 6.22. The van der Waals surface area contributed by atoms with Crippen LogP contribution in [0.3, 0.4) is 0 Å². The lowest BCUT2D eigenvalue weighted by Gasteiger charge is -2.01. The van der Waals surface area contributed by atoms with Crippen molar-refractivity contribution in [1.29, 1.82) is 0 Å². The highest BCUT2D eigenvalue weighted by atomic mass is 32.1. The summed E-state index contributed by atoms with van der Waals surface area (Å²) in [5, 5.41) is 11.8. The molecule has 0 fully saturated rings. The summed E-state index contributed by atoms with van der Waals surface area (Å²) in [6, 6.07) is -0.393. The molecule has 0 aromatic carbocycles. The normalized spacial score (nSPS) is 9.69. The van der Waals surface area contributed by atoms with Gasteiger partial charge >= 0.3 is 6.03 Å². The zero-order valence-electron chi connectivity index (χ0n) is 7.33. The number of hydrogen-bond acceptors (Lipinski definition) is 5. The molecule has 0 radical (unpaired) electrons. The number of nitrogens with one attached hydrogen (secondary N) is 2. The van der Waals surface area contributed by atoms with Crippen molar-refractivity contribution >= 4 is 17.4 Å². The quantitative estimate of drug-likeness (QED) is 0.687. The number of rotatable bonds is 3. The van der Waals surface area contributed by atoms with E-state index in [1.165, 1.54) is 18.4 Å². The number of hydrogen-bond donors (Lipinski definition) is 2. The van der Waals surface area contributed by atoms with Crippen molar-refractivity contribution in [2.45, 2.75) is 13.5 Å². The number of nitrogens with zero attached hydrogens (tertiary/aromatic N) is 2. The van der Waals surface area contributed by atoms with Gasteiger partial charge in [-0.05, 0) is 6.92 Å². The van der Waals surface area contributed by atoms with Gasteiger partial charge in [-0.15, -0.1) is 10.2 Å². The molecule has 0 unspecified atom stereocenters. The first kappa shape index (κ1) is 9.87. The number of aryl methyl sites for hydroxylation is 1. The molecule has 0 aliphatic carbocycles. The highest BCUT2D eigenvalue weighted by Crippen LogP contribution is 2.06. The molecule has 0 saturated heterocycles. The Kier molecular flexibility index (Phi) is 3.59. The second-order valence-electron chi connectivity index (χ2n) is 2.20. The van der Waals surface area contributed by atoms with Crippen LogP contribution in [0, 0.1) is 6.92 Å². The second kappa shape index (κ2) is 4.73. The Hall–Kier alpha value is -1.21. The molecule has 0 atom stereocenters. The smallest absolute Gasteiger partial charge is 0.330 e. The van der Waals surface area contributed by atoms with Gasteiger partial charge in [-0.25, -0.2) is 10.3 Å². The molecule has 1 heterocycles. The standard InChI is InChI=1S/C6H10N4O2S/c1-4-8-9-5(13-4)3-7-6(11)10-12-2/h3H2,1-2H3,(H2,7,10,11). The molecule has 0 aliphatic rings. The molecule has 6 nitrogen and oxygen atoms in total. The fourth-order valence-corrected chi connectivity index (χ4v) is 1.34. The lowest BCUT2D eigenvalue weighted by Crippen LogP contribution is -2.34. The molecule has 1 aromatic rings. The van der Waals surface area contributed by atoms with Gasteiger partial charge in [0, 0.05) is 0 Å². The summed E-state index contributed by atoms with van der Waals surface area (Å²) in [6.45, 7) is 2.22. The van der Waals surface area contributed by atoms with E-state index in [-0.39, 0.29) is 0 Å². The van der Waals surface area contributed by atoms with E-state index >= 15 is 0 Å². The van der Waals surface area contributed by atoms with Crippen molar-refractivity contribution < 1.29 is 9.63 Å². The van der Waals surface area contributed by atoms with E-state index in [0.29, 0.717) is 6.54 Å². The van der Waals surface area contributed by atoms with Crippen LogP contribution in [0.25, 0.3) is 0 Å². The fourth-order valence-electron chi connectivity index (χ4n) is 0.694. The van der Waals surface area contributed by atoms with E-state index in [4.69, 9.17) is 0 Å². The maximum atomic E-state index is 10.8. The van der Waals surface area contributed by atoms with E-state index < -0.39 is 6.03 Å². The molecule has 0 bridgehead atoms. The van der Waals surface area contributed by atoms with E-state index in [2.05, 4.69) is 25.8 Å². The lowest BCUT2D eigenvalue weighted by molar-refractivity contribution is 0.107. The number of amides is 2. The van der Waals surface area contributed by atoms with Crippen LogP contribution in [0.1, 0.15) is 10.0 Å². The maximum absolute atomic E-state index is 10.8. The zero-order chi connectivity index (χ0) is 9.68. The van der Waals surface area contributed by atoms with Crippen molar-refractivity contribution in [3.05, 3.63) is 10.0 Å².